The molecule has 0 radical (unpaired) electrons. The molecule has 17 heavy (non-hydrogen) atoms. The molecule has 4 heteroatoms. The zero-order valence-corrected chi connectivity index (χ0v) is 11.0. The lowest BCUT2D eigenvalue weighted by molar-refractivity contribution is 0.466. The molecule has 2 nitrogen and oxygen atoms in total. The van der Waals surface area contributed by atoms with Crippen molar-refractivity contribution >= 4 is 34.1 Å². The quantitative estimate of drug-likeness (QED) is 0.732. The Balaban J connectivity index is 1.99. The summed E-state index contributed by atoms with van der Waals surface area (Å²) in [6, 6.07) is 3.92. The van der Waals surface area contributed by atoms with E-state index in [0.29, 0.717) is 10.3 Å². The van der Waals surface area contributed by atoms with Crippen LogP contribution in [-0.4, -0.2) is 9.55 Å². The van der Waals surface area contributed by atoms with Gasteiger partial charge in [-0.2, -0.15) is 0 Å². The normalized spacial score (nSPS) is 17.1. The maximum Gasteiger partial charge on any atom is 0.140 e. The second-order valence-corrected chi connectivity index (χ2v) is 5.53. The smallest absolute Gasteiger partial charge is 0.140 e. The average molecular weight is 269 g/mol. The van der Waals surface area contributed by atoms with E-state index in [0.717, 1.165) is 23.4 Å². The van der Waals surface area contributed by atoms with Gasteiger partial charge in [0.15, 0.2) is 0 Å². The third-order valence-corrected chi connectivity index (χ3v) is 4.10. The minimum absolute atomic E-state index is 0.467. The van der Waals surface area contributed by atoms with Crippen molar-refractivity contribution in [3.8, 4) is 0 Å². The minimum atomic E-state index is 0.467. The fraction of sp³-hybridized carbons (Fsp3) is 0.462. The van der Waals surface area contributed by atoms with Gasteiger partial charge in [-0.25, -0.2) is 4.98 Å². The van der Waals surface area contributed by atoms with Gasteiger partial charge in [0.1, 0.15) is 10.3 Å². The molecule has 1 aliphatic carbocycles. The van der Waals surface area contributed by atoms with Gasteiger partial charge < -0.3 is 4.57 Å². The molecule has 3 rings (SSSR count). The van der Waals surface area contributed by atoms with Crippen molar-refractivity contribution in [2.24, 2.45) is 5.92 Å². The Labute approximate surface area is 111 Å². The largest absolute Gasteiger partial charge is 0.347 e. The molecule has 0 atom stereocenters. The van der Waals surface area contributed by atoms with Crippen LogP contribution in [0.3, 0.4) is 0 Å². The lowest BCUT2D eigenvalue weighted by Gasteiger charge is -2.11. The van der Waals surface area contributed by atoms with Crippen molar-refractivity contribution in [1.82, 2.24) is 9.55 Å². The Morgan fingerprint density at radius 1 is 1.29 bits per heavy atom. The molecule has 1 saturated carbocycles. The number of hydrogen-bond donors (Lipinski definition) is 0. The zero-order valence-electron chi connectivity index (χ0n) is 9.50. The topological polar surface area (TPSA) is 17.8 Å². The third kappa shape index (κ3) is 2.16. The number of aromatic nitrogens is 2. The molecule has 0 saturated heterocycles. The summed E-state index contributed by atoms with van der Waals surface area (Å²) in [6.07, 6.45) is 7.51. The van der Waals surface area contributed by atoms with Crippen molar-refractivity contribution < 1.29 is 0 Å². The molecule has 90 valence electrons. The molecular weight excluding hydrogens is 255 g/mol. The minimum Gasteiger partial charge on any atom is -0.347 e. The molecule has 1 aliphatic rings. The van der Waals surface area contributed by atoms with Crippen LogP contribution in [0, 0.1) is 5.92 Å². The van der Waals surface area contributed by atoms with Gasteiger partial charge in [0.2, 0.25) is 0 Å². The third-order valence-electron chi connectivity index (χ3n) is 3.62. The fourth-order valence-electron chi connectivity index (χ4n) is 2.75. The number of hydrogen-bond acceptors (Lipinski definition) is 1. The van der Waals surface area contributed by atoms with Gasteiger partial charge in [-0.3, -0.25) is 0 Å². The highest BCUT2D eigenvalue weighted by Crippen LogP contribution is 2.30. The number of nitrogens with zero attached hydrogens (tertiary/aromatic N) is 2. The number of pyridine rings is 1. The molecule has 0 spiro atoms. The molecule has 0 N–H and O–H groups in total. The molecule has 0 bridgehead atoms. The van der Waals surface area contributed by atoms with Gasteiger partial charge in [0.25, 0.3) is 0 Å². The summed E-state index contributed by atoms with van der Waals surface area (Å²) in [7, 11) is 0. The van der Waals surface area contributed by atoms with E-state index in [-0.39, 0.29) is 0 Å². The van der Waals surface area contributed by atoms with Crippen LogP contribution in [0.1, 0.15) is 25.7 Å². The van der Waals surface area contributed by atoms with Crippen LogP contribution in [0.5, 0.6) is 0 Å². The summed E-state index contributed by atoms with van der Waals surface area (Å²) >= 11 is 12.0. The molecular formula is C13H14Cl2N2. The summed E-state index contributed by atoms with van der Waals surface area (Å²) in [4.78, 5) is 4.06. The van der Waals surface area contributed by atoms with Crippen LogP contribution in [0.15, 0.2) is 18.3 Å². The van der Waals surface area contributed by atoms with E-state index in [4.69, 9.17) is 23.2 Å². The average Bonchev–Trinajstić information content (AvgIpc) is 2.89. The Morgan fingerprint density at radius 3 is 2.82 bits per heavy atom. The van der Waals surface area contributed by atoms with E-state index < -0.39 is 0 Å². The molecule has 0 unspecified atom stereocenters. The van der Waals surface area contributed by atoms with Crippen LogP contribution >= 0.6 is 23.2 Å². The first-order valence-corrected chi connectivity index (χ1v) is 6.80. The van der Waals surface area contributed by atoms with Gasteiger partial charge in [-0.1, -0.05) is 36.0 Å². The molecule has 0 amide bonds. The highest BCUT2D eigenvalue weighted by molar-refractivity contribution is 6.36. The van der Waals surface area contributed by atoms with Gasteiger partial charge >= 0.3 is 0 Å². The van der Waals surface area contributed by atoms with Crippen LogP contribution < -0.4 is 0 Å². The van der Waals surface area contributed by atoms with Crippen LogP contribution in [-0.2, 0) is 6.54 Å². The summed E-state index contributed by atoms with van der Waals surface area (Å²) in [6.45, 7) is 1.07. The first-order chi connectivity index (χ1) is 8.24. The van der Waals surface area contributed by atoms with Crippen LogP contribution in [0.25, 0.3) is 10.9 Å². The van der Waals surface area contributed by atoms with E-state index in [9.17, 15) is 0 Å². The van der Waals surface area contributed by atoms with Gasteiger partial charge in [0, 0.05) is 18.1 Å². The van der Waals surface area contributed by atoms with Gasteiger partial charge in [0.05, 0.1) is 5.52 Å². The Bertz CT molecular complexity index is 542. The summed E-state index contributed by atoms with van der Waals surface area (Å²) in [5.41, 5.74) is 1.10. The van der Waals surface area contributed by atoms with Crippen LogP contribution in [0.4, 0.5) is 0 Å². The zero-order chi connectivity index (χ0) is 11.8. The summed E-state index contributed by atoms with van der Waals surface area (Å²) < 4.78 is 2.25. The van der Waals surface area contributed by atoms with Crippen molar-refractivity contribution in [3.05, 3.63) is 28.6 Å². The van der Waals surface area contributed by atoms with Crippen molar-refractivity contribution in [1.29, 1.82) is 0 Å². The standard InChI is InChI=1S/C13H14Cl2N2/c14-12-7-11-10(13(15)16-12)5-6-17(11)8-9-3-1-2-4-9/h5-7,9H,1-4,8H2. The maximum absolute atomic E-state index is 6.08. The second kappa shape index (κ2) is 4.51. The number of halogens is 2. The lowest BCUT2D eigenvalue weighted by atomic mass is 10.1. The molecule has 2 aromatic rings. The summed E-state index contributed by atoms with van der Waals surface area (Å²) in [5.74, 6) is 0.802. The van der Waals surface area contributed by atoms with Crippen molar-refractivity contribution in [2.75, 3.05) is 0 Å². The monoisotopic (exact) mass is 268 g/mol. The maximum atomic E-state index is 6.08. The molecule has 0 aromatic carbocycles. The molecule has 0 aliphatic heterocycles. The van der Waals surface area contributed by atoms with Gasteiger partial charge in [-0.05, 0) is 30.9 Å². The molecule has 1 fully saturated rings. The Hall–Kier alpha value is -0.730. The Kier molecular flexibility index (Phi) is 3.01. The number of rotatable bonds is 2. The van der Waals surface area contributed by atoms with E-state index >= 15 is 0 Å². The van der Waals surface area contributed by atoms with E-state index in [1.165, 1.54) is 25.7 Å². The van der Waals surface area contributed by atoms with E-state index in [1.807, 2.05) is 12.1 Å². The molecule has 2 aromatic heterocycles. The van der Waals surface area contributed by atoms with Crippen LogP contribution in [0.2, 0.25) is 10.3 Å². The van der Waals surface area contributed by atoms with E-state index in [1.54, 1.807) is 0 Å². The van der Waals surface area contributed by atoms with Gasteiger partial charge in [-0.15, -0.1) is 0 Å². The Morgan fingerprint density at radius 2 is 2.06 bits per heavy atom. The van der Waals surface area contributed by atoms with Crippen molar-refractivity contribution in [2.45, 2.75) is 32.2 Å². The first kappa shape index (κ1) is 11.4. The predicted octanol–water partition coefficient (Wildman–Crippen LogP) is 4.53. The lowest BCUT2D eigenvalue weighted by Crippen LogP contribution is -2.05. The highest BCUT2D eigenvalue weighted by atomic mass is 35.5. The fourth-order valence-corrected chi connectivity index (χ4v) is 3.23. The SMILES string of the molecule is Clc1cc2c(ccn2CC2CCCC2)c(Cl)n1. The highest BCUT2D eigenvalue weighted by Gasteiger charge is 2.17. The number of fused-ring (bicyclic) bond motifs is 1. The second-order valence-electron chi connectivity index (χ2n) is 4.79. The van der Waals surface area contributed by atoms with Crippen molar-refractivity contribution in [3.63, 3.8) is 0 Å². The summed E-state index contributed by atoms with van der Waals surface area (Å²) in [5, 5.41) is 1.96. The first-order valence-electron chi connectivity index (χ1n) is 6.05. The predicted molar refractivity (Wildman–Crippen MR) is 71.7 cm³/mol. The van der Waals surface area contributed by atoms with E-state index in [2.05, 4.69) is 15.7 Å². The molecule has 2 heterocycles.